The van der Waals surface area contributed by atoms with Crippen LogP contribution in [0.25, 0.3) is 0 Å². The predicted octanol–water partition coefficient (Wildman–Crippen LogP) is 4.20. The number of benzene rings is 1. The van der Waals surface area contributed by atoms with Crippen molar-refractivity contribution in [3.63, 3.8) is 0 Å². The molecule has 1 aromatic rings. The average molecular weight is 243 g/mol. The van der Waals surface area contributed by atoms with Gasteiger partial charge in [0.2, 0.25) is 0 Å². The lowest BCUT2D eigenvalue weighted by atomic mass is 9.79. The van der Waals surface area contributed by atoms with E-state index in [9.17, 15) is 0 Å². The van der Waals surface area contributed by atoms with Crippen LogP contribution in [0.3, 0.4) is 0 Å². The largest absolute Gasteiger partial charge is 0.314 e. The molecule has 1 nitrogen and oxygen atoms in total. The molecule has 2 atom stereocenters. The normalized spacial score (nSPS) is 28.3. The summed E-state index contributed by atoms with van der Waals surface area (Å²) in [5.74, 6) is 1.67. The highest BCUT2D eigenvalue weighted by atomic mass is 14.9. The summed E-state index contributed by atoms with van der Waals surface area (Å²) < 4.78 is 0. The van der Waals surface area contributed by atoms with Gasteiger partial charge in [0, 0.05) is 6.04 Å². The molecule has 0 bridgehead atoms. The number of hydrogen-bond acceptors (Lipinski definition) is 1. The average Bonchev–Trinajstić information content (AvgIpc) is 2.77. The number of rotatable bonds is 4. The van der Waals surface area contributed by atoms with Gasteiger partial charge in [0.1, 0.15) is 0 Å². The third-order valence-electron chi connectivity index (χ3n) is 4.91. The lowest BCUT2D eigenvalue weighted by Gasteiger charge is -2.26. The predicted molar refractivity (Wildman–Crippen MR) is 77.1 cm³/mol. The monoisotopic (exact) mass is 243 g/mol. The Balaban J connectivity index is 1.62. The first-order valence-electron chi connectivity index (χ1n) is 7.70. The fourth-order valence-electron chi connectivity index (χ4n) is 3.54. The molecule has 1 heteroatoms. The Labute approximate surface area is 111 Å². The minimum absolute atomic E-state index is 0.756. The van der Waals surface area contributed by atoms with Crippen molar-refractivity contribution >= 4 is 0 Å². The molecular weight excluding hydrogens is 218 g/mol. The fraction of sp³-hybridized carbons (Fsp3) is 0.647. The van der Waals surface area contributed by atoms with Crippen LogP contribution in [0.5, 0.6) is 0 Å². The molecule has 3 rings (SSSR count). The van der Waals surface area contributed by atoms with Gasteiger partial charge >= 0.3 is 0 Å². The molecule has 18 heavy (non-hydrogen) atoms. The third-order valence-corrected chi connectivity index (χ3v) is 4.91. The van der Waals surface area contributed by atoms with Gasteiger partial charge in [-0.25, -0.2) is 0 Å². The number of hydrogen-bond donors (Lipinski definition) is 1. The highest BCUT2D eigenvalue weighted by Crippen LogP contribution is 2.38. The Morgan fingerprint density at radius 1 is 0.944 bits per heavy atom. The van der Waals surface area contributed by atoms with E-state index < -0.39 is 0 Å². The first kappa shape index (κ1) is 12.2. The quantitative estimate of drug-likeness (QED) is 0.835. The van der Waals surface area contributed by atoms with E-state index in [-0.39, 0.29) is 0 Å². The van der Waals surface area contributed by atoms with Gasteiger partial charge in [-0.15, -0.1) is 0 Å². The minimum Gasteiger partial charge on any atom is -0.314 e. The highest BCUT2D eigenvalue weighted by molar-refractivity contribution is 5.29. The molecule has 0 spiro atoms. The maximum Gasteiger partial charge on any atom is 0.00729 e. The maximum absolute atomic E-state index is 3.59. The molecule has 98 valence electrons. The Morgan fingerprint density at radius 3 is 2.17 bits per heavy atom. The van der Waals surface area contributed by atoms with Crippen LogP contribution >= 0.6 is 0 Å². The molecule has 0 aliphatic heterocycles. The molecule has 0 aromatic heterocycles. The van der Waals surface area contributed by atoms with E-state index in [2.05, 4.69) is 36.5 Å². The summed E-state index contributed by atoms with van der Waals surface area (Å²) in [7, 11) is 0. The molecular formula is C17H25N. The third kappa shape index (κ3) is 2.47. The first-order valence-corrected chi connectivity index (χ1v) is 7.70. The van der Waals surface area contributed by atoms with Crippen LogP contribution < -0.4 is 5.32 Å². The van der Waals surface area contributed by atoms with Crippen LogP contribution in [-0.4, -0.2) is 12.6 Å². The zero-order chi connectivity index (χ0) is 12.4. The summed E-state index contributed by atoms with van der Waals surface area (Å²) in [5, 5.41) is 3.59. The van der Waals surface area contributed by atoms with Crippen molar-refractivity contribution in [3.8, 4) is 0 Å². The standard InChI is InChI=1S/C17H25N/c1-2-18-17-11-10-16(12-17)15-8-6-14(7-9-15)13-4-3-5-13/h6-9,13,16-18H,2-5,10-12H2,1H3. The van der Waals surface area contributed by atoms with Gasteiger partial charge in [0.25, 0.3) is 0 Å². The summed E-state index contributed by atoms with van der Waals surface area (Å²) >= 11 is 0. The Kier molecular flexibility index (Phi) is 3.69. The van der Waals surface area contributed by atoms with E-state index in [1.54, 1.807) is 11.1 Å². The Hall–Kier alpha value is -0.820. The SMILES string of the molecule is CCNC1CCC(c2ccc(C3CCC3)cc2)C1. The van der Waals surface area contributed by atoms with Crippen molar-refractivity contribution in [3.05, 3.63) is 35.4 Å². The van der Waals surface area contributed by atoms with Crippen molar-refractivity contribution in [2.75, 3.05) is 6.54 Å². The zero-order valence-corrected chi connectivity index (χ0v) is 11.5. The van der Waals surface area contributed by atoms with Crippen LogP contribution in [0, 0.1) is 0 Å². The van der Waals surface area contributed by atoms with Gasteiger partial charge in [-0.2, -0.15) is 0 Å². The molecule has 1 N–H and O–H groups in total. The van der Waals surface area contributed by atoms with Gasteiger partial charge in [-0.1, -0.05) is 37.6 Å². The van der Waals surface area contributed by atoms with E-state index in [1.807, 2.05) is 0 Å². The Bertz CT molecular complexity index is 377. The molecule has 2 aliphatic carbocycles. The van der Waals surface area contributed by atoms with Crippen LogP contribution in [0.2, 0.25) is 0 Å². The number of nitrogens with one attached hydrogen (secondary N) is 1. The maximum atomic E-state index is 3.59. The van der Waals surface area contributed by atoms with Crippen LogP contribution in [-0.2, 0) is 0 Å². The van der Waals surface area contributed by atoms with E-state index in [1.165, 1.54) is 38.5 Å². The van der Waals surface area contributed by atoms with Gasteiger partial charge < -0.3 is 5.32 Å². The van der Waals surface area contributed by atoms with Crippen molar-refractivity contribution in [1.29, 1.82) is 0 Å². The Morgan fingerprint density at radius 2 is 1.61 bits per heavy atom. The lowest BCUT2D eigenvalue weighted by molar-refractivity contribution is 0.419. The minimum atomic E-state index is 0.756. The van der Waals surface area contributed by atoms with Crippen LogP contribution in [0.15, 0.2) is 24.3 Å². The molecule has 0 saturated heterocycles. The molecule has 0 heterocycles. The molecule has 2 saturated carbocycles. The summed E-state index contributed by atoms with van der Waals surface area (Å²) in [4.78, 5) is 0. The molecule has 2 unspecified atom stereocenters. The molecule has 1 aromatic carbocycles. The van der Waals surface area contributed by atoms with Gasteiger partial charge in [0.15, 0.2) is 0 Å². The van der Waals surface area contributed by atoms with E-state index in [4.69, 9.17) is 0 Å². The van der Waals surface area contributed by atoms with Gasteiger partial charge in [-0.05, 0) is 61.6 Å². The lowest BCUT2D eigenvalue weighted by Crippen LogP contribution is -2.25. The second kappa shape index (κ2) is 5.44. The van der Waals surface area contributed by atoms with Crippen LogP contribution in [0.1, 0.15) is 68.4 Å². The van der Waals surface area contributed by atoms with E-state index >= 15 is 0 Å². The van der Waals surface area contributed by atoms with Crippen LogP contribution in [0.4, 0.5) is 0 Å². The van der Waals surface area contributed by atoms with Crippen molar-refractivity contribution in [1.82, 2.24) is 5.32 Å². The summed E-state index contributed by atoms with van der Waals surface area (Å²) in [6, 6.07) is 10.3. The van der Waals surface area contributed by atoms with Crippen molar-refractivity contribution in [2.24, 2.45) is 0 Å². The van der Waals surface area contributed by atoms with Crippen molar-refractivity contribution < 1.29 is 0 Å². The second-order valence-electron chi connectivity index (χ2n) is 6.06. The topological polar surface area (TPSA) is 12.0 Å². The van der Waals surface area contributed by atoms with Gasteiger partial charge in [-0.3, -0.25) is 0 Å². The molecule has 2 fully saturated rings. The van der Waals surface area contributed by atoms with E-state index in [0.717, 1.165) is 24.4 Å². The fourth-order valence-corrected chi connectivity index (χ4v) is 3.54. The van der Waals surface area contributed by atoms with Crippen molar-refractivity contribution in [2.45, 2.75) is 63.3 Å². The molecule has 2 aliphatic rings. The van der Waals surface area contributed by atoms with Gasteiger partial charge in [0.05, 0.1) is 0 Å². The summed E-state index contributed by atoms with van der Waals surface area (Å²) in [6.45, 7) is 3.32. The first-order chi connectivity index (χ1) is 8.86. The zero-order valence-electron chi connectivity index (χ0n) is 11.5. The highest BCUT2D eigenvalue weighted by Gasteiger charge is 2.25. The molecule has 0 radical (unpaired) electrons. The second-order valence-corrected chi connectivity index (χ2v) is 6.06. The van der Waals surface area contributed by atoms with E-state index in [0.29, 0.717) is 0 Å². The smallest absolute Gasteiger partial charge is 0.00729 e. The summed E-state index contributed by atoms with van der Waals surface area (Å²) in [5.41, 5.74) is 3.14. The summed E-state index contributed by atoms with van der Waals surface area (Å²) in [6.07, 6.45) is 8.29. The molecule has 0 amide bonds.